The second-order valence-electron chi connectivity index (χ2n) is 6.78. The van der Waals surface area contributed by atoms with Crippen LogP contribution in [0.5, 0.6) is 0 Å². The highest BCUT2D eigenvalue weighted by Crippen LogP contribution is 2.29. The van der Waals surface area contributed by atoms with E-state index in [1.165, 1.54) is 12.1 Å². The van der Waals surface area contributed by atoms with Crippen molar-refractivity contribution in [2.24, 2.45) is 5.73 Å². The minimum absolute atomic E-state index is 0.153. The van der Waals surface area contributed by atoms with Crippen molar-refractivity contribution >= 4 is 22.6 Å². The molecule has 0 aliphatic rings. The van der Waals surface area contributed by atoms with Gasteiger partial charge in [0.2, 0.25) is 11.8 Å². The molecule has 1 atom stereocenters. The van der Waals surface area contributed by atoms with Crippen LogP contribution >= 0.6 is 0 Å². The Balaban J connectivity index is 1.66. The van der Waals surface area contributed by atoms with Crippen molar-refractivity contribution in [1.82, 2.24) is 5.32 Å². The van der Waals surface area contributed by atoms with E-state index in [-0.39, 0.29) is 12.8 Å². The maximum Gasteiger partial charge on any atom is 0.416 e. The number of hydrogen-bond acceptors (Lipinski definition) is 2. The first-order valence-corrected chi connectivity index (χ1v) is 8.95. The van der Waals surface area contributed by atoms with Crippen LogP contribution in [0, 0.1) is 0 Å². The van der Waals surface area contributed by atoms with E-state index in [0.717, 1.165) is 28.5 Å². The van der Waals surface area contributed by atoms with Crippen molar-refractivity contribution in [2.75, 3.05) is 0 Å². The molecule has 2 amide bonds. The molecule has 0 unspecified atom stereocenters. The lowest BCUT2D eigenvalue weighted by Gasteiger charge is -2.16. The van der Waals surface area contributed by atoms with Gasteiger partial charge in [-0.05, 0) is 34.0 Å². The fraction of sp³-hybridized carbons (Fsp3) is 0.182. The third kappa shape index (κ3) is 5.34. The van der Waals surface area contributed by atoms with Crippen LogP contribution < -0.4 is 11.1 Å². The fourth-order valence-electron chi connectivity index (χ4n) is 3.07. The Kier molecular flexibility index (Phi) is 5.87. The number of benzene rings is 3. The number of carbonyl (C=O) groups is 2. The molecular weight excluding hydrogens is 381 g/mol. The lowest BCUT2D eigenvalue weighted by atomic mass is 10.0. The van der Waals surface area contributed by atoms with Gasteiger partial charge in [-0.2, -0.15) is 13.2 Å². The number of nitrogens with two attached hydrogens (primary N) is 1. The van der Waals surface area contributed by atoms with Crippen LogP contribution in [-0.2, 0) is 28.6 Å². The SMILES string of the molecule is NC(=O)[C@H](Cc1ccc2ccccc2c1)NC(=O)Cc1ccc(C(F)(F)F)cc1. The van der Waals surface area contributed by atoms with Crippen molar-refractivity contribution in [3.8, 4) is 0 Å². The first-order valence-electron chi connectivity index (χ1n) is 8.95. The molecule has 150 valence electrons. The summed E-state index contributed by atoms with van der Waals surface area (Å²) >= 11 is 0. The zero-order valence-electron chi connectivity index (χ0n) is 15.4. The van der Waals surface area contributed by atoms with Gasteiger partial charge in [0.25, 0.3) is 0 Å². The first kappa shape index (κ1) is 20.4. The van der Waals surface area contributed by atoms with Gasteiger partial charge in [-0.1, -0.05) is 54.6 Å². The van der Waals surface area contributed by atoms with Crippen LogP contribution in [0.1, 0.15) is 16.7 Å². The number of halogens is 3. The lowest BCUT2D eigenvalue weighted by Crippen LogP contribution is -2.46. The molecule has 0 heterocycles. The monoisotopic (exact) mass is 400 g/mol. The molecule has 0 aromatic heterocycles. The molecule has 0 radical (unpaired) electrons. The van der Waals surface area contributed by atoms with Crippen LogP contribution in [0.4, 0.5) is 13.2 Å². The van der Waals surface area contributed by atoms with E-state index >= 15 is 0 Å². The van der Waals surface area contributed by atoms with Crippen LogP contribution in [0.3, 0.4) is 0 Å². The maximum atomic E-state index is 12.6. The Bertz CT molecular complexity index is 1030. The highest BCUT2D eigenvalue weighted by atomic mass is 19.4. The van der Waals surface area contributed by atoms with Gasteiger partial charge in [-0.25, -0.2) is 0 Å². The molecule has 0 saturated carbocycles. The Morgan fingerprint density at radius 2 is 1.52 bits per heavy atom. The van der Waals surface area contributed by atoms with Crippen LogP contribution in [0.15, 0.2) is 66.7 Å². The average Bonchev–Trinajstić information content (AvgIpc) is 2.67. The Morgan fingerprint density at radius 1 is 0.897 bits per heavy atom. The summed E-state index contributed by atoms with van der Waals surface area (Å²) in [5.41, 5.74) is 5.89. The van der Waals surface area contributed by atoms with Gasteiger partial charge in [0, 0.05) is 6.42 Å². The van der Waals surface area contributed by atoms with E-state index in [1.54, 1.807) is 0 Å². The second-order valence-corrected chi connectivity index (χ2v) is 6.78. The Labute approximate surface area is 165 Å². The summed E-state index contributed by atoms with van der Waals surface area (Å²) in [4.78, 5) is 24.1. The van der Waals surface area contributed by atoms with Gasteiger partial charge < -0.3 is 11.1 Å². The van der Waals surface area contributed by atoms with Gasteiger partial charge >= 0.3 is 6.18 Å². The molecule has 3 N–H and O–H groups in total. The molecule has 3 aromatic rings. The third-order valence-electron chi connectivity index (χ3n) is 4.58. The molecule has 0 fully saturated rings. The van der Waals surface area contributed by atoms with Gasteiger partial charge in [-0.15, -0.1) is 0 Å². The summed E-state index contributed by atoms with van der Waals surface area (Å²) < 4.78 is 37.9. The predicted octanol–water partition coefficient (Wildman–Crippen LogP) is 3.61. The Hall–Kier alpha value is -3.35. The smallest absolute Gasteiger partial charge is 0.368 e. The van der Waals surface area contributed by atoms with Crippen molar-refractivity contribution in [3.63, 3.8) is 0 Å². The third-order valence-corrected chi connectivity index (χ3v) is 4.58. The molecule has 3 rings (SSSR count). The summed E-state index contributed by atoms with van der Waals surface area (Å²) in [6.45, 7) is 0. The van der Waals surface area contributed by atoms with Crippen molar-refractivity contribution in [2.45, 2.75) is 25.1 Å². The maximum absolute atomic E-state index is 12.6. The predicted molar refractivity (Wildman–Crippen MR) is 104 cm³/mol. The second kappa shape index (κ2) is 8.34. The topological polar surface area (TPSA) is 72.2 Å². The quantitative estimate of drug-likeness (QED) is 0.664. The summed E-state index contributed by atoms with van der Waals surface area (Å²) in [7, 11) is 0. The van der Waals surface area contributed by atoms with Crippen LogP contribution in [0.2, 0.25) is 0 Å². The number of carbonyl (C=O) groups excluding carboxylic acids is 2. The number of fused-ring (bicyclic) bond motifs is 1. The van der Waals surface area contributed by atoms with Gasteiger partial charge in [-0.3, -0.25) is 9.59 Å². The van der Waals surface area contributed by atoms with E-state index in [9.17, 15) is 22.8 Å². The minimum atomic E-state index is -4.43. The van der Waals surface area contributed by atoms with E-state index in [0.29, 0.717) is 5.56 Å². The molecule has 29 heavy (non-hydrogen) atoms. The molecular formula is C22H19F3N2O2. The number of amides is 2. The number of rotatable bonds is 6. The number of nitrogens with one attached hydrogen (secondary N) is 1. The standard InChI is InChI=1S/C22H19F3N2O2/c23-22(24,25)18-9-6-14(7-10-18)13-20(28)27-19(21(26)29)12-15-5-8-16-3-1-2-4-17(16)11-15/h1-11,19H,12-13H2,(H2,26,29)(H,27,28)/t19-/m0/s1. The van der Waals surface area contributed by atoms with Gasteiger partial charge in [0.05, 0.1) is 12.0 Å². The fourth-order valence-corrected chi connectivity index (χ4v) is 3.07. The summed E-state index contributed by atoms with van der Waals surface area (Å²) in [5, 5.41) is 4.63. The van der Waals surface area contributed by atoms with Gasteiger partial charge in [0.15, 0.2) is 0 Å². The molecule has 0 bridgehead atoms. The van der Waals surface area contributed by atoms with E-state index < -0.39 is 29.6 Å². The molecule has 7 heteroatoms. The van der Waals surface area contributed by atoms with Crippen molar-refractivity contribution in [3.05, 3.63) is 83.4 Å². The lowest BCUT2D eigenvalue weighted by molar-refractivity contribution is -0.137. The van der Waals surface area contributed by atoms with Crippen molar-refractivity contribution < 1.29 is 22.8 Å². The van der Waals surface area contributed by atoms with Crippen LogP contribution in [-0.4, -0.2) is 17.9 Å². The van der Waals surface area contributed by atoms with E-state index in [2.05, 4.69) is 5.32 Å². The summed E-state index contributed by atoms with van der Waals surface area (Å²) in [5.74, 6) is -1.17. The molecule has 0 aliphatic carbocycles. The molecule has 0 aliphatic heterocycles. The van der Waals surface area contributed by atoms with Gasteiger partial charge in [0.1, 0.15) is 6.04 Å². The largest absolute Gasteiger partial charge is 0.416 e. The average molecular weight is 400 g/mol. The normalized spacial score (nSPS) is 12.5. The highest BCUT2D eigenvalue weighted by Gasteiger charge is 2.30. The first-order chi connectivity index (χ1) is 13.7. The summed E-state index contributed by atoms with van der Waals surface area (Å²) in [6, 6.07) is 16.9. The van der Waals surface area contributed by atoms with Crippen LogP contribution in [0.25, 0.3) is 10.8 Å². The highest BCUT2D eigenvalue weighted by molar-refractivity contribution is 5.88. The number of alkyl halides is 3. The molecule has 0 spiro atoms. The molecule has 3 aromatic carbocycles. The van der Waals surface area contributed by atoms with Crippen molar-refractivity contribution in [1.29, 1.82) is 0 Å². The van der Waals surface area contributed by atoms with E-state index in [1.807, 2.05) is 42.5 Å². The molecule has 4 nitrogen and oxygen atoms in total. The number of hydrogen-bond donors (Lipinski definition) is 2. The zero-order chi connectivity index (χ0) is 21.0. The summed E-state index contributed by atoms with van der Waals surface area (Å²) in [6.07, 6.45) is -4.36. The number of primary amides is 1. The Morgan fingerprint density at radius 3 is 2.14 bits per heavy atom. The minimum Gasteiger partial charge on any atom is -0.368 e. The zero-order valence-corrected chi connectivity index (χ0v) is 15.4. The molecule has 0 saturated heterocycles. The van der Waals surface area contributed by atoms with E-state index in [4.69, 9.17) is 5.73 Å².